The monoisotopic (exact) mass is 304 g/mol. The Morgan fingerprint density at radius 2 is 1.68 bits per heavy atom. The summed E-state index contributed by atoms with van der Waals surface area (Å²) in [5.41, 5.74) is 0.866. The molecule has 5 nitrogen and oxygen atoms in total. The zero-order chi connectivity index (χ0) is 15.5. The molecule has 1 saturated heterocycles. The van der Waals surface area contributed by atoms with Crippen molar-refractivity contribution >= 4 is 11.8 Å². The zero-order valence-corrected chi connectivity index (χ0v) is 13.2. The molecule has 2 amide bonds. The number of nitrogens with zero attached hydrogens (tertiary/aromatic N) is 2. The fourth-order valence-electron chi connectivity index (χ4n) is 3.47. The van der Waals surface area contributed by atoms with Gasteiger partial charge in [-0.1, -0.05) is 19.3 Å². The number of piperazine rings is 1. The summed E-state index contributed by atoms with van der Waals surface area (Å²) in [6, 6.07) is 1.80. The van der Waals surface area contributed by atoms with E-state index in [2.05, 4.69) is 0 Å². The first-order valence-electron chi connectivity index (χ1n) is 8.29. The van der Waals surface area contributed by atoms with Gasteiger partial charge < -0.3 is 14.2 Å². The van der Waals surface area contributed by atoms with Crippen molar-refractivity contribution in [3.8, 4) is 0 Å². The number of rotatable bonds is 2. The average Bonchev–Trinajstić information content (AvgIpc) is 3.00. The minimum Gasteiger partial charge on any atom is -0.459 e. The van der Waals surface area contributed by atoms with Gasteiger partial charge >= 0.3 is 0 Å². The number of hydrogen-bond acceptors (Lipinski definition) is 3. The van der Waals surface area contributed by atoms with Crippen LogP contribution in [0.1, 0.15) is 48.2 Å². The molecule has 0 radical (unpaired) electrons. The first-order valence-corrected chi connectivity index (χ1v) is 8.29. The Kier molecular flexibility index (Phi) is 4.50. The van der Waals surface area contributed by atoms with Crippen LogP contribution in [0.15, 0.2) is 16.7 Å². The van der Waals surface area contributed by atoms with Crippen LogP contribution in [0.5, 0.6) is 0 Å². The summed E-state index contributed by atoms with van der Waals surface area (Å²) in [7, 11) is 0. The lowest BCUT2D eigenvalue weighted by Crippen LogP contribution is -2.52. The fraction of sp³-hybridized carbons (Fsp3) is 0.647. The molecule has 2 heterocycles. The van der Waals surface area contributed by atoms with Gasteiger partial charge in [0.15, 0.2) is 5.76 Å². The molecule has 2 aliphatic rings. The molecule has 0 spiro atoms. The molecule has 0 bridgehead atoms. The van der Waals surface area contributed by atoms with Crippen LogP contribution >= 0.6 is 0 Å². The Labute approximate surface area is 131 Å². The topological polar surface area (TPSA) is 53.8 Å². The summed E-state index contributed by atoms with van der Waals surface area (Å²) in [4.78, 5) is 28.6. The lowest BCUT2D eigenvalue weighted by molar-refractivity contribution is -0.138. The third kappa shape index (κ3) is 3.03. The molecule has 2 fully saturated rings. The van der Waals surface area contributed by atoms with Crippen LogP contribution in [-0.4, -0.2) is 47.8 Å². The number of hydrogen-bond donors (Lipinski definition) is 0. The molecule has 1 saturated carbocycles. The Balaban J connectivity index is 1.55. The number of amides is 2. The van der Waals surface area contributed by atoms with Gasteiger partial charge in [0.1, 0.15) is 0 Å². The van der Waals surface area contributed by atoms with Crippen molar-refractivity contribution in [1.29, 1.82) is 0 Å². The van der Waals surface area contributed by atoms with Crippen LogP contribution in [0.25, 0.3) is 0 Å². The molecule has 3 rings (SSSR count). The Bertz CT molecular complexity index is 538. The second kappa shape index (κ2) is 6.55. The maximum absolute atomic E-state index is 12.5. The minimum atomic E-state index is -0.0627. The SMILES string of the molecule is Cc1ccoc1C(=O)N1CCN(C(=O)C2CCCCC2)CC1. The molecule has 1 aliphatic carbocycles. The molecule has 0 unspecified atom stereocenters. The molecule has 1 aliphatic heterocycles. The van der Waals surface area contributed by atoms with E-state index in [0.29, 0.717) is 37.8 Å². The van der Waals surface area contributed by atoms with Crippen LogP contribution < -0.4 is 0 Å². The molecule has 120 valence electrons. The second-order valence-electron chi connectivity index (χ2n) is 6.39. The van der Waals surface area contributed by atoms with Crippen molar-refractivity contribution in [2.45, 2.75) is 39.0 Å². The molecule has 1 aromatic heterocycles. The van der Waals surface area contributed by atoms with E-state index in [0.717, 1.165) is 18.4 Å². The molecular formula is C17H24N2O3. The van der Waals surface area contributed by atoms with Gasteiger partial charge in [0.25, 0.3) is 5.91 Å². The highest BCUT2D eigenvalue weighted by Crippen LogP contribution is 2.26. The van der Waals surface area contributed by atoms with Crippen molar-refractivity contribution in [2.24, 2.45) is 5.92 Å². The van der Waals surface area contributed by atoms with Gasteiger partial charge in [0.05, 0.1) is 6.26 Å². The highest BCUT2D eigenvalue weighted by molar-refractivity contribution is 5.93. The molecule has 1 aromatic rings. The Hall–Kier alpha value is -1.78. The summed E-state index contributed by atoms with van der Waals surface area (Å²) in [6.45, 7) is 4.34. The zero-order valence-electron chi connectivity index (χ0n) is 13.2. The molecule has 0 atom stereocenters. The fourth-order valence-corrected chi connectivity index (χ4v) is 3.47. The number of aryl methyl sites for hydroxylation is 1. The standard InChI is InChI=1S/C17H24N2O3/c1-13-7-12-22-15(13)17(21)19-10-8-18(9-11-19)16(20)14-5-3-2-4-6-14/h7,12,14H,2-6,8-11H2,1H3. The molecule has 22 heavy (non-hydrogen) atoms. The van der Waals surface area contributed by atoms with E-state index in [1.807, 2.05) is 11.8 Å². The predicted octanol–water partition coefficient (Wildman–Crippen LogP) is 2.45. The maximum Gasteiger partial charge on any atom is 0.289 e. The van der Waals surface area contributed by atoms with Gasteiger partial charge in [-0.2, -0.15) is 0 Å². The third-order valence-electron chi connectivity index (χ3n) is 4.89. The van der Waals surface area contributed by atoms with Crippen molar-refractivity contribution in [3.63, 3.8) is 0 Å². The van der Waals surface area contributed by atoms with Crippen LogP contribution in [-0.2, 0) is 4.79 Å². The van der Waals surface area contributed by atoms with Crippen LogP contribution in [0.4, 0.5) is 0 Å². The molecule has 0 aromatic carbocycles. The van der Waals surface area contributed by atoms with E-state index in [1.165, 1.54) is 19.3 Å². The van der Waals surface area contributed by atoms with Crippen LogP contribution in [0, 0.1) is 12.8 Å². The Morgan fingerprint density at radius 1 is 1.05 bits per heavy atom. The smallest absolute Gasteiger partial charge is 0.289 e. The predicted molar refractivity (Wildman–Crippen MR) is 82.5 cm³/mol. The van der Waals surface area contributed by atoms with Gasteiger partial charge in [0.2, 0.25) is 5.91 Å². The third-order valence-corrected chi connectivity index (χ3v) is 4.89. The lowest BCUT2D eigenvalue weighted by atomic mass is 9.88. The lowest BCUT2D eigenvalue weighted by Gasteiger charge is -2.36. The number of furan rings is 1. The highest BCUT2D eigenvalue weighted by Gasteiger charge is 2.30. The minimum absolute atomic E-state index is 0.0627. The Morgan fingerprint density at radius 3 is 2.27 bits per heavy atom. The summed E-state index contributed by atoms with van der Waals surface area (Å²) >= 11 is 0. The van der Waals surface area contributed by atoms with Gasteiger partial charge in [-0.05, 0) is 25.8 Å². The van der Waals surface area contributed by atoms with Gasteiger partial charge in [-0.15, -0.1) is 0 Å². The normalized spacial score (nSPS) is 20.2. The number of carbonyl (C=O) groups excluding carboxylic acids is 2. The van der Waals surface area contributed by atoms with E-state index in [4.69, 9.17) is 4.42 Å². The summed E-state index contributed by atoms with van der Waals surface area (Å²) in [6.07, 6.45) is 7.21. The highest BCUT2D eigenvalue weighted by atomic mass is 16.3. The van der Waals surface area contributed by atoms with Gasteiger partial charge in [-0.25, -0.2) is 0 Å². The summed E-state index contributed by atoms with van der Waals surface area (Å²) < 4.78 is 5.28. The van der Waals surface area contributed by atoms with Crippen LogP contribution in [0.3, 0.4) is 0 Å². The van der Waals surface area contributed by atoms with E-state index in [1.54, 1.807) is 17.2 Å². The van der Waals surface area contributed by atoms with Crippen LogP contribution in [0.2, 0.25) is 0 Å². The van der Waals surface area contributed by atoms with E-state index < -0.39 is 0 Å². The largest absolute Gasteiger partial charge is 0.459 e. The quantitative estimate of drug-likeness (QED) is 0.843. The second-order valence-corrected chi connectivity index (χ2v) is 6.39. The molecule has 5 heteroatoms. The van der Waals surface area contributed by atoms with Crippen molar-refractivity contribution in [1.82, 2.24) is 9.80 Å². The summed E-state index contributed by atoms with van der Waals surface area (Å²) in [5, 5.41) is 0. The summed E-state index contributed by atoms with van der Waals surface area (Å²) in [5.74, 6) is 0.864. The van der Waals surface area contributed by atoms with Crippen molar-refractivity contribution in [3.05, 3.63) is 23.7 Å². The first-order chi connectivity index (χ1) is 10.7. The maximum atomic E-state index is 12.5. The van der Waals surface area contributed by atoms with Gasteiger partial charge in [0, 0.05) is 37.7 Å². The van der Waals surface area contributed by atoms with Crippen molar-refractivity contribution < 1.29 is 14.0 Å². The average molecular weight is 304 g/mol. The molecule has 0 N–H and O–H groups in total. The van der Waals surface area contributed by atoms with Gasteiger partial charge in [-0.3, -0.25) is 9.59 Å². The van der Waals surface area contributed by atoms with E-state index in [9.17, 15) is 9.59 Å². The molecular weight excluding hydrogens is 280 g/mol. The van der Waals surface area contributed by atoms with E-state index >= 15 is 0 Å². The number of carbonyl (C=O) groups is 2. The van der Waals surface area contributed by atoms with Crippen molar-refractivity contribution in [2.75, 3.05) is 26.2 Å². The van der Waals surface area contributed by atoms with E-state index in [-0.39, 0.29) is 11.8 Å². The first kappa shape index (κ1) is 15.1.